The SMILES string of the molecule is c1cnc2[nH]cc(C3CCNC3)c2c1. The van der Waals surface area contributed by atoms with Crippen LogP contribution in [0.5, 0.6) is 0 Å². The van der Waals surface area contributed by atoms with Crippen LogP contribution < -0.4 is 5.32 Å². The maximum Gasteiger partial charge on any atom is 0.137 e. The summed E-state index contributed by atoms with van der Waals surface area (Å²) in [7, 11) is 0. The minimum absolute atomic E-state index is 0.660. The fourth-order valence-corrected chi connectivity index (χ4v) is 2.23. The molecule has 0 amide bonds. The predicted octanol–water partition coefficient (Wildman–Crippen LogP) is 1.64. The van der Waals surface area contributed by atoms with Crippen molar-refractivity contribution in [2.45, 2.75) is 12.3 Å². The number of H-pyrrole nitrogens is 1. The summed E-state index contributed by atoms with van der Waals surface area (Å²) in [6.45, 7) is 2.24. The van der Waals surface area contributed by atoms with Crippen LogP contribution in [0.1, 0.15) is 17.9 Å². The lowest BCUT2D eigenvalue weighted by atomic mass is 9.99. The Morgan fingerprint density at radius 3 is 3.29 bits per heavy atom. The molecule has 1 atom stereocenters. The molecule has 1 fully saturated rings. The van der Waals surface area contributed by atoms with E-state index in [0.29, 0.717) is 5.92 Å². The average Bonchev–Trinajstić information content (AvgIpc) is 2.85. The van der Waals surface area contributed by atoms with Crippen molar-refractivity contribution >= 4 is 11.0 Å². The third-order valence-corrected chi connectivity index (χ3v) is 2.98. The fraction of sp³-hybridized carbons (Fsp3) is 0.364. The summed E-state index contributed by atoms with van der Waals surface area (Å²) in [5.74, 6) is 0.660. The second-order valence-corrected chi connectivity index (χ2v) is 3.83. The Morgan fingerprint density at radius 1 is 1.43 bits per heavy atom. The molecule has 1 saturated heterocycles. The lowest BCUT2D eigenvalue weighted by Crippen LogP contribution is -2.07. The van der Waals surface area contributed by atoms with Gasteiger partial charge in [-0.25, -0.2) is 4.98 Å². The van der Waals surface area contributed by atoms with E-state index >= 15 is 0 Å². The molecule has 0 bridgehead atoms. The Balaban J connectivity index is 2.11. The summed E-state index contributed by atoms with van der Waals surface area (Å²) in [6, 6.07) is 4.15. The molecule has 3 heterocycles. The molecule has 72 valence electrons. The van der Waals surface area contributed by atoms with E-state index in [9.17, 15) is 0 Å². The molecular formula is C11H13N3. The van der Waals surface area contributed by atoms with Crippen LogP contribution in [0.25, 0.3) is 11.0 Å². The second-order valence-electron chi connectivity index (χ2n) is 3.83. The summed E-state index contributed by atoms with van der Waals surface area (Å²) in [5.41, 5.74) is 2.42. The normalized spacial score (nSPS) is 21.9. The number of aromatic nitrogens is 2. The lowest BCUT2D eigenvalue weighted by Gasteiger charge is -2.05. The van der Waals surface area contributed by atoms with E-state index in [0.717, 1.165) is 18.7 Å². The summed E-state index contributed by atoms with van der Waals surface area (Å²) in [5, 5.41) is 4.67. The van der Waals surface area contributed by atoms with Gasteiger partial charge in [0.2, 0.25) is 0 Å². The molecule has 0 aromatic carbocycles. The molecule has 3 rings (SSSR count). The monoisotopic (exact) mass is 187 g/mol. The molecule has 2 aromatic heterocycles. The van der Waals surface area contributed by atoms with E-state index in [-0.39, 0.29) is 0 Å². The first-order valence-electron chi connectivity index (χ1n) is 5.08. The number of rotatable bonds is 1. The van der Waals surface area contributed by atoms with Gasteiger partial charge >= 0.3 is 0 Å². The van der Waals surface area contributed by atoms with E-state index in [1.165, 1.54) is 17.4 Å². The van der Waals surface area contributed by atoms with Gasteiger partial charge in [-0.15, -0.1) is 0 Å². The fourth-order valence-electron chi connectivity index (χ4n) is 2.23. The van der Waals surface area contributed by atoms with Gasteiger partial charge in [0.05, 0.1) is 0 Å². The molecule has 1 aliphatic rings. The largest absolute Gasteiger partial charge is 0.346 e. The van der Waals surface area contributed by atoms with Gasteiger partial charge in [0.15, 0.2) is 0 Å². The van der Waals surface area contributed by atoms with Crippen LogP contribution >= 0.6 is 0 Å². The number of aromatic amines is 1. The summed E-state index contributed by atoms with van der Waals surface area (Å²) in [6.07, 6.45) is 5.17. The summed E-state index contributed by atoms with van der Waals surface area (Å²) in [4.78, 5) is 7.52. The number of hydrogen-bond donors (Lipinski definition) is 2. The van der Waals surface area contributed by atoms with E-state index < -0.39 is 0 Å². The minimum Gasteiger partial charge on any atom is -0.346 e. The number of nitrogens with zero attached hydrogens (tertiary/aromatic N) is 1. The Bertz CT molecular complexity index is 440. The van der Waals surface area contributed by atoms with Crippen molar-refractivity contribution in [2.75, 3.05) is 13.1 Å². The maximum atomic E-state index is 4.30. The predicted molar refractivity (Wildman–Crippen MR) is 56.3 cm³/mol. The van der Waals surface area contributed by atoms with Gasteiger partial charge < -0.3 is 10.3 Å². The van der Waals surface area contributed by atoms with E-state index in [1.54, 1.807) is 0 Å². The zero-order valence-electron chi connectivity index (χ0n) is 7.96. The molecule has 0 aliphatic carbocycles. The van der Waals surface area contributed by atoms with Gasteiger partial charge in [-0.1, -0.05) is 0 Å². The molecular weight excluding hydrogens is 174 g/mol. The van der Waals surface area contributed by atoms with Crippen LogP contribution in [0, 0.1) is 0 Å². The Labute approximate surface area is 82.5 Å². The van der Waals surface area contributed by atoms with Crippen molar-refractivity contribution in [3.63, 3.8) is 0 Å². The average molecular weight is 187 g/mol. The standard InChI is InChI=1S/C11H13N3/c1-2-9-10(8-3-5-12-6-8)7-14-11(9)13-4-1/h1-2,4,7-8,12H,3,5-6H2,(H,13,14). The van der Waals surface area contributed by atoms with Crippen molar-refractivity contribution in [1.29, 1.82) is 0 Å². The van der Waals surface area contributed by atoms with Crippen LogP contribution in [0.4, 0.5) is 0 Å². The first kappa shape index (κ1) is 8.00. The van der Waals surface area contributed by atoms with Gasteiger partial charge in [-0.05, 0) is 36.6 Å². The first-order valence-corrected chi connectivity index (χ1v) is 5.08. The highest BCUT2D eigenvalue weighted by molar-refractivity contribution is 5.80. The van der Waals surface area contributed by atoms with Crippen molar-refractivity contribution in [3.05, 3.63) is 30.1 Å². The molecule has 1 unspecified atom stereocenters. The van der Waals surface area contributed by atoms with Gasteiger partial charge in [-0.3, -0.25) is 0 Å². The highest BCUT2D eigenvalue weighted by Gasteiger charge is 2.19. The molecule has 3 nitrogen and oxygen atoms in total. The molecule has 0 radical (unpaired) electrons. The molecule has 0 spiro atoms. The highest BCUT2D eigenvalue weighted by Crippen LogP contribution is 2.28. The van der Waals surface area contributed by atoms with Gasteiger partial charge in [0.1, 0.15) is 5.65 Å². The van der Waals surface area contributed by atoms with Crippen LogP contribution in [0.3, 0.4) is 0 Å². The van der Waals surface area contributed by atoms with Crippen LogP contribution in [-0.4, -0.2) is 23.1 Å². The highest BCUT2D eigenvalue weighted by atomic mass is 14.9. The van der Waals surface area contributed by atoms with Gasteiger partial charge in [-0.2, -0.15) is 0 Å². The van der Waals surface area contributed by atoms with Gasteiger partial charge in [0.25, 0.3) is 0 Å². The summed E-state index contributed by atoms with van der Waals surface area (Å²) >= 11 is 0. The van der Waals surface area contributed by atoms with Crippen LogP contribution in [0.2, 0.25) is 0 Å². The third kappa shape index (κ3) is 1.13. The zero-order valence-corrected chi connectivity index (χ0v) is 7.96. The maximum absolute atomic E-state index is 4.30. The Hall–Kier alpha value is -1.35. The van der Waals surface area contributed by atoms with Crippen molar-refractivity contribution in [3.8, 4) is 0 Å². The van der Waals surface area contributed by atoms with Crippen molar-refractivity contribution in [1.82, 2.24) is 15.3 Å². The number of hydrogen-bond acceptors (Lipinski definition) is 2. The molecule has 0 saturated carbocycles. The molecule has 3 heteroatoms. The molecule has 1 aliphatic heterocycles. The quantitative estimate of drug-likeness (QED) is 0.712. The topological polar surface area (TPSA) is 40.7 Å². The zero-order chi connectivity index (χ0) is 9.38. The van der Waals surface area contributed by atoms with Crippen molar-refractivity contribution in [2.24, 2.45) is 0 Å². The van der Waals surface area contributed by atoms with Gasteiger partial charge in [0, 0.05) is 24.3 Å². The first-order chi connectivity index (χ1) is 6.95. The number of nitrogens with one attached hydrogen (secondary N) is 2. The van der Waals surface area contributed by atoms with Crippen molar-refractivity contribution < 1.29 is 0 Å². The summed E-state index contributed by atoms with van der Waals surface area (Å²) < 4.78 is 0. The van der Waals surface area contributed by atoms with Crippen LogP contribution in [0.15, 0.2) is 24.5 Å². The third-order valence-electron chi connectivity index (χ3n) is 2.98. The number of pyridine rings is 1. The van der Waals surface area contributed by atoms with E-state index in [4.69, 9.17) is 0 Å². The van der Waals surface area contributed by atoms with Crippen LogP contribution in [-0.2, 0) is 0 Å². The molecule has 14 heavy (non-hydrogen) atoms. The van der Waals surface area contributed by atoms with E-state index in [2.05, 4.69) is 27.5 Å². The Kier molecular flexibility index (Phi) is 1.77. The minimum atomic E-state index is 0.660. The van der Waals surface area contributed by atoms with E-state index in [1.807, 2.05) is 12.3 Å². The lowest BCUT2D eigenvalue weighted by molar-refractivity contribution is 0.769. The molecule has 2 aromatic rings. The number of fused-ring (bicyclic) bond motifs is 1. The second kappa shape index (κ2) is 3.10. The Morgan fingerprint density at radius 2 is 2.43 bits per heavy atom. The smallest absolute Gasteiger partial charge is 0.137 e. The molecule has 2 N–H and O–H groups in total.